The first-order chi connectivity index (χ1) is 8.24. The lowest BCUT2D eigenvalue weighted by atomic mass is 10.1. The monoisotopic (exact) mass is 228 g/mol. The third kappa shape index (κ3) is 1.61. The van der Waals surface area contributed by atoms with Crippen LogP contribution in [0, 0.1) is 0 Å². The molecule has 0 amide bonds. The maximum absolute atomic E-state index is 10.9. The fraction of sp³-hybridized carbons (Fsp3) is 0.0833. The fourth-order valence-electron chi connectivity index (χ4n) is 1.78. The average Bonchev–Trinajstić information content (AvgIpc) is 2.76. The molecule has 0 fully saturated rings. The van der Waals surface area contributed by atoms with Crippen molar-refractivity contribution < 1.29 is 14.2 Å². The normalized spacial score (nSPS) is 10.9. The molecule has 2 aromatic carbocycles. The van der Waals surface area contributed by atoms with Gasteiger partial charge in [-0.3, -0.25) is 4.79 Å². The molecule has 0 saturated heterocycles. The smallest absolute Gasteiger partial charge is 0.308 e. The van der Waals surface area contributed by atoms with E-state index in [0.29, 0.717) is 16.8 Å². The van der Waals surface area contributed by atoms with Gasteiger partial charge in [0.05, 0.1) is 0 Å². The molecule has 0 radical (unpaired) electrons. The first-order valence-electron chi connectivity index (χ1n) is 5.07. The maximum Gasteiger partial charge on any atom is 0.308 e. The number of esters is 1. The lowest BCUT2D eigenvalue weighted by Crippen LogP contribution is -2.00. The van der Waals surface area contributed by atoms with Gasteiger partial charge in [-0.05, 0) is 33.9 Å². The first kappa shape index (κ1) is 9.77. The number of rotatable bonds is 1. The van der Waals surface area contributed by atoms with Crippen molar-refractivity contribution in [2.75, 3.05) is 0 Å². The molecule has 84 valence electrons. The summed E-state index contributed by atoms with van der Waals surface area (Å²) in [6, 6.07) is 9.10. The number of benzene rings is 2. The number of hydrogen-bond acceptors (Lipinski definition) is 5. The second-order valence-corrected chi connectivity index (χ2v) is 3.67. The molecule has 3 rings (SSSR count). The second kappa shape index (κ2) is 3.55. The van der Waals surface area contributed by atoms with Crippen LogP contribution in [0.25, 0.3) is 21.8 Å². The SMILES string of the molecule is CC(=O)Oc1ccc2ccc3nonc3c2c1. The van der Waals surface area contributed by atoms with E-state index in [1.165, 1.54) is 6.92 Å². The van der Waals surface area contributed by atoms with Crippen LogP contribution >= 0.6 is 0 Å². The van der Waals surface area contributed by atoms with E-state index in [1.807, 2.05) is 18.2 Å². The van der Waals surface area contributed by atoms with Crippen LogP contribution in [0.5, 0.6) is 5.75 Å². The van der Waals surface area contributed by atoms with Gasteiger partial charge in [-0.1, -0.05) is 12.1 Å². The van der Waals surface area contributed by atoms with Crippen molar-refractivity contribution in [1.82, 2.24) is 10.3 Å². The molecule has 1 aromatic heterocycles. The topological polar surface area (TPSA) is 65.2 Å². The number of carbonyl (C=O) groups excluding carboxylic acids is 1. The highest BCUT2D eigenvalue weighted by atomic mass is 16.6. The Morgan fingerprint density at radius 2 is 2.06 bits per heavy atom. The van der Waals surface area contributed by atoms with Crippen molar-refractivity contribution in [2.45, 2.75) is 6.92 Å². The van der Waals surface area contributed by atoms with Crippen molar-refractivity contribution in [3.8, 4) is 5.75 Å². The Bertz CT molecular complexity index is 718. The Morgan fingerprint density at radius 3 is 2.88 bits per heavy atom. The van der Waals surface area contributed by atoms with Crippen LogP contribution in [0.3, 0.4) is 0 Å². The molecule has 5 heteroatoms. The van der Waals surface area contributed by atoms with Crippen LogP contribution in [-0.4, -0.2) is 16.3 Å². The number of hydrogen-bond donors (Lipinski definition) is 0. The number of aromatic nitrogens is 2. The zero-order valence-electron chi connectivity index (χ0n) is 9.01. The van der Waals surface area contributed by atoms with Crippen molar-refractivity contribution >= 4 is 27.8 Å². The minimum absolute atomic E-state index is 0.352. The first-order valence-corrected chi connectivity index (χ1v) is 5.07. The van der Waals surface area contributed by atoms with E-state index < -0.39 is 0 Å². The lowest BCUT2D eigenvalue weighted by Gasteiger charge is -2.02. The summed E-state index contributed by atoms with van der Waals surface area (Å²) in [4.78, 5) is 10.9. The molecule has 0 saturated carbocycles. The van der Waals surface area contributed by atoms with Crippen molar-refractivity contribution in [3.63, 3.8) is 0 Å². The number of nitrogens with zero attached hydrogens (tertiary/aromatic N) is 2. The minimum Gasteiger partial charge on any atom is -0.427 e. The van der Waals surface area contributed by atoms with Gasteiger partial charge in [0, 0.05) is 12.3 Å². The molecule has 0 spiro atoms. The predicted molar refractivity (Wildman–Crippen MR) is 60.6 cm³/mol. The van der Waals surface area contributed by atoms with Gasteiger partial charge in [0.25, 0.3) is 0 Å². The minimum atomic E-state index is -0.352. The Morgan fingerprint density at radius 1 is 1.24 bits per heavy atom. The van der Waals surface area contributed by atoms with Crippen LogP contribution < -0.4 is 4.74 Å². The molecule has 0 unspecified atom stereocenters. The molecule has 1 heterocycles. The lowest BCUT2D eigenvalue weighted by molar-refractivity contribution is -0.131. The maximum atomic E-state index is 10.9. The molecule has 0 aliphatic heterocycles. The number of carbonyl (C=O) groups is 1. The summed E-state index contributed by atoms with van der Waals surface area (Å²) in [5, 5.41) is 9.45. The Balaban J connectivity index is 2.28. The third-order valence-electron chi connectivity index (χ3n) is 2.48. The summed E-state index contributed by atoms with van der Waals surface area (Å²) in [6.07, 6.45) is 0. The van der Waals surface area contributed by atoms with E-state index in [2.05, 4.69) is 14.9 Å². The van der Waals surface area contributed by atoms with Crippen molar-refractivity contribution in [3.05, 3.63) is 30.3 Å². The van der Waals surface area contributed by atoms with Gasteiger partial charge >= 0.3 is 5.97 Å². The molecule has 0 N–H and O–H groups in total. The summed E-state index contributed by atoms with van der Waals surface area (Å²) >= 11 is 0. The summed E-state index contributed by atoms with van der Waals surface area (Å²) in [5.74, 6) is 0.135. The Hall–Kier alpha value is -2.43. The standard InChI is InChI=1S/C12H8N2O3/c1-7(15)16-9-4-2-8-3-5-11-12(10(8)6-9)14-17-13-11/h2-6H,1H3. The van der Waals surface area contributed by atoms with Crippen LogP contribution in [0.4, 0.5) is 0 Å². The summed E-state index contributed by atoms with van der Waals surface area (Å²) in [6.45, 7) is 1.36. The van der Waals surface area contributed by atoms with Gasteiger partial charge in [-0.2, -0.15) is 0 Å². The zero-order valence-corrected chi connectivity index (χ0v) is 9.01. The molecular weight excluding hydrogens is 220 g/mol. The van der Waals surface area contributed by atoms with Crippen LogP contribution in [0.2, 0.25) is 0 Å². The average molecular weight is 228 g/mol. The summed E-state index contributed by atoms with van der Waals surface area (Å²) in [7, 11) is 0. The van der Waals surface area contributed by atoms with Crippen molar-refractivity contribution in [1.29, 1.82) is 0 Å². The van der Waals surface area contributed by atoms with Crippen LogP contribution in [0.15, 0.2) is 35.0 Å². The highest BCUT2D eigenvalue weighted by molar-refractivity contribution is 6.04. The largest absolute Gasteiger partial charge is 0.427 e. The third-order valence-corrected chi connectivity index (χ3v) is 2.48. The molecule has 0 bridgehead atoms. The van der Waals surface area contributed by atoms with Gasteiger partial charge in [-0.25, -0.2) is 4.63 Å². The summed E-state index contributed by atoms with van der Waals surface area (Å²) < 4.78 is 9.72. The van der Waals surface area contributed by atoms with E-state index in [0.717, 1.165) is 10.8 Å². The molecular formula is C12H8N2O3. The molecule has 5 nitrogen and oxygen atoms in total. The highest BCUT2D eigenvalue weighted by Gasteiger charge is 2.07. The molecule has 0 aliphatic carbocycles. The van der Waals surface area contributed by atoms with Gasteiger partial charge in [0.15, 0.2) is 0 Å². The fourth-order valence-corrected chi connectivity index (χ4v) is 1.78. The quantitative estimate of drug-likeness (QED) is 0.472. The highest BCUT2D eigenvalue weighted by Crippen LogP contribution is 2.26. The zero-order chi connectivity index (χ0) is 11.8. The van der Waals surface area contributed by atoms with Crippen LogP contribution in [-0.2, 0) is 4.79 Å². The van der Waals surface area contributed by atoms with Gasteiger partial charge in [0.1, 0.15) is 16.8 Å². The number of ether oxygens (including phenoxy) is 1. The number of fused-ring (bicyclic) bond motifs is 3. The molecule has 17 heavy (non-hydrogen) atoms. The molecule has 3 aromatic rings. The van der Waals surface area contributed by atoms with Gasteiger partial charge in [0.2, 0.25) is 0 Å². The van der Waals surface area contributed by atoms with Crippen LogP contribution in [0.1, 0.15) is 6.92 Å². The van der Waals surface area contributed by atoms with E-state index in [-0.39, 0.29) is 5.97 Å². The van der Waals surface area contributed by atoms with E-state index in [1.54, 1.807) is 12.1 Å². The van der Waals surface area contributed by atoms with E-state index >= 15 is 0 Å². The van der Waals surface area contributed by atoms with Crippen molar-refractivity contribution in [2.24, 2.45) is 0 Å². The van der Waals surface area contributed by atoms with Gasteiger partial charge in [-0.15, -0.1) is 0 Å². The Kier molecular flexibility index (Phi) is 2.04. The van der Waals surface area contributed by atoms with E-state index in [4.69, 9.17) is 4.74 Å². The summed E-state index contributed by atoms with van der Waals surface area (Å²) in [5.41, 5.74) is 1.34. The molecule has 0 aliphatic rings. The molecule has 0 atom stereocenters. The van der Waals surface area contributed by atoms with E-state index in [9.17, 15) is 4.79 Å². The second-order valence-electron chi connectivity index (χ2n) is 3.67. The Labute approximate surface area is 95.9 Å². The predicted octanol–water partition coefficient (Wildman–Crippen LogP) is 2.30. The van der Waals surface area contributed by atoms with Gasteiger partial charge < -0.3 is 4.74 Å².